The van der Waals surface area contributed by atoms with Crippen molar-refractivity contribution in [3.05, 3.63) is 0 Å². The van der Waals surface area contributed by atoms with Gasteiger partial charge in [0.1, 0.15) is 0 Å². The molecule has 2 aliphatic rings. The van der Waals surface area contributed by atoms with Crippen molar-refractivity contribution in [2.24, 2.45) is 5.10 Å². The van der Waals surface area contributed by atoms with Gasteiger partial charge in [0.05, 0.1) is 5.71 Å². The zero-order chi connectivity index (χ0) is 12.1. The van der Waals surface area contributed by atoms with E-state index in [0.717, 1.165) is 31.4 Å². The van der Waals surface area contributed by atoms with Crippen LogP contribution in [0.4, 0.5) is 0 Å². The van der Waals surface area contributed by atoms with E-state index in [9.17, 15) is 4.79 Å². The number of nitrogens with one attached hydrogen (secondary N) is 1. The summed E-state index contributed by atoms with van der Waals surface area (Å²) in [5, 5.41) is 4.12. The Hall–Kier alpha value is -0.570. The molecular formula is C13H21ClN2O. The molecule has 1 aliphatic heterocycles. The lowest BCUT2D eigenvalue weighted by atomic mass is 9.90. The van der Waals surface area contributed by atoms with Crippen LogP contribution < -0.4 is 5.43 Å². The summed E-state index contributed by atoms with van der Waals surface area (Å²) >= 11 is 6.48. The highest BCUT2D eigenvalue weighted by Crippen LogP contribution is 2.31. The Morgan fingerprint density at radius 2 is 1.59 bits per heavy atom. The number of nitrogens with zero attached hydrogens (tertiary/aromatic N) is 1. The number of hydrogen-bond donors (Lipinski definition) is 1. The van der Waals surface area contributed by atoms with E-state index >= 15 is 0 Å². The van der Waals surface area contributed by atoms with Gasteiger partial charge in [0, 0.05) is 0 Å². The van der Waals surface area contributed by atoms with E-state index in [1.807, 2.05) is 0 Å². The molecule has 1 fully saturated rings. The Bertz CT molecular complexity index is 317. The Morgan fingerprint density at radius 1 is 1.00 bits per heavy atom. The topological polar surface area (TPSA) is 41.5 Å². The van der Waals surface area contributed by atoms with E-state index in [-0.39, 0.29) is 5.91 Å². The SMILES string of the molecule is O=C1NN=C2CCCCCCCCCC[C@@]12Cl. The van der Waals surface area contributed by atoms with E-state index in [0.29, 0.717) is 0 Å². The number of carbonyl (C=O) groups excluding carboxylic acids is 1. The third kappa shape index (κ3) is 3.01. The minimum atomic E-state index is -0.834. The monoisotopic (exact) mass is 256 g/mol. The maximum atomic E-state index is 11.8. The fraction of sp³-hybridized carbons (Fsp3) is 0.846. The average molecular weight is 257 g/mol. The molecule has 0 saturated heterocycles. The molecule has 4 heteroatoms. The lowest BCUT2D eigenvalue weighted by Crippen LogP contribution is -2.40. The first-order chi connectivity index (χ1) is 8.23. The highest BCUT2D eigenvalue weighted by atomic mass is 35.5. The van der Waals surface area contributed by atoms with Crippen LogP contribution in [0.2, 0.25) is 0 Å². The second-order valence-electron chi connectivity index (χ2n) is 5.13. The molecule has 1 saturated carbocycles. The molecule has 0 bridgehead atoms. The van der Waals surface area contributed by atoms with Crippen molar-refractivity contribution in [2.45, 2.75) is 69.1 Å². The summed E-state index contributed by atoms with van der Waals surface area (Å²) in [6.45, 7) is 0. The van der Waals surface area contributed by atoms with Gasteiger partial charge in [-0.3, -0.25) is 4.79 Å². The van der Waals surface area contributed by atoms with Crippen LogP contribution in [0, 0.1) is 0 Å². The van der Waals surface area contributed by atoms with E-state index < -0.39 is 4.87 Å². The van der Waals surface area contributed by atoms with Crippen molar-refractivity contribution in [2.75, 3.05) is 0 Å². The van der Waals surface area contributed by atoms with Gasteiger partial charge in [-0.15, -0.1) is 11.6 Å². The summed E-state index contributed by atoms with van der Waals surface area (Å²) in [6.07, 6.45) is 11.3. The molecule has 96 valence electrons. The Labute approximate surface area is 108 Å². The molecule has 3 nitrogen and oxygen atoms in total. The highest BCUT2D eigenvalue weighted by molar-refractivity contribution is 6.48. The lowest BCUT2D eigenvalue weighted by Gasteiger charge is -2.21. The number of amides is 1. The largest absolute Gasteiger partial charge is 0.271 e. The van der Waals surface area contributed by atoms with Crippen LogP contribution in [0.25, 0.3) is 0 Å². The van der Waals surface area contributed by atoms with Crippen molar-refractivity contribution < 1.29 is 4.79 Å². The van der Waals surface area contributed by atoms with Crippen LogP contribution in [0.15, 0.2) is 5.10 Å². The van der Waals surface area contributed by atoms with Crippen LogP contribution in [-0.2, 0) is 4.79 Å². The predicted molar refractivity (Wildman–Crippen MR) is 70.3 cm³/mol. The molecule has 0 aromatic rings. The molecule has 1 aliphatic carbocycles. The summed E-state index contributed by atoms with van der Waals surface area (Å²) in [5.74, 6) is -0.119. The van der Waals surface area contributed by atoms with Crippen LogP contribution in [-0.4, -0.2) is 16.5 Å². The summed E-state index contributed by atoms with van der Waals surface area (Å²) in [7, 11) is 0. The lowest BCUT2D eigenvalue weighted by molar-refractivity contribution is -0.121. The summed E-state index contributed by atoms with van der Waals surface area (Å²) < 4.78 is 0. The number of halogens is 1. The normalized spacial score (nSPS) is 31.8. The number of fused-ring (bicyclic) bond motifs is 1. The summed E-state index contributed by atoms with van der Waals surface area (Å²) in [5.41, 5.74) is 3.41. The molecular weight excluding hydrogens is 236 g/mol. The predicted octanol–water partition coefficient (Wildman–Crippen LogP) is 3.36. The van der Waals surface area contributed by atoms with Gasteiger partial charge in [0.2, 0.25) is 0 Å². The van der Waals surface area contributed by atoms with E-state index in [1.54, 1.807) is 0 Å². The third-order valence-corrected chi connectivity index (χ3v) is 4.37. The van der Waals surface area contributed by atoms with E-state index in [2.05, 4.69) is 10.5 Å². The second-order valence-corrected chi connectivity index (χ2v) is 5.77. The van der Waals surface area contributed by atoms with Crippen molar-refractivity contribution in [3.63, 3.8) is 0 Å². The van der Waals surface area contributed by atoms with Gasteiger partial charge in [-0.25, -0.2) is 5.43 Å². The molecule has 1 amide bonds. The molecule has 1 heterocycles. The van der Waals surface area contributed by atoms with Gasteiger partial charge >= 0.3 is 0 Å². The van der Waals surface area contributed by atoms with Crippen molar-refractivity contribution in [3.8, 4) is 0 Å². The van der Waals surface area contributed by atoms with Gasteiger partial charge in [-0.1, -0.05) is 44.9 Å². The molecule has 0 aromatic carbocycles. The van der Waals surface area contributed by atoms with E-state index in [4.69, 9.17) is 11.6 Å². The van der Waals surface area contributed by atoms with Gasteiger partial charge < -0.3 is 0 Å². The summed E-state index contributed by atoms with van der Waals surface area (Å²) in [4.78, 5) is 11.0. The van der Waals surface area contributed by atoms with Crippen molar-refractivity contribution in [1.82, 2.24) is 5.43 Å². The molecule has 0 radical (unpaired) electrons. The highest BCUT2D eigenvalue weighted by Gasteiger charge is 2.44. The number of carbonyl (C=O) groups is 1. The molecule has 1 atom stereocenters. The van der Waals surface area contributed by atoms with Gasteiger partial charge in [-0.2, -0.15) is 5.10 Å². The van der Waals surface area contributed by atoms with Gasteiger partial charge in [0.15, 0.2) is 4.87 Å². The average Bonchev–Trinajstić information content (AvgIpc) is 2.57. The maximum Gasteiger partial charge on any atom is 0.267 e. The van der Waals surface area contributed by atoms with Crippen LogP contribution in [0.3, 0.4) is 0 Å². The molecule has 0 spiro atoms. The maximum absolute atomic E-state index is 11.8. The first-order valence-electron chi connectivity index (χ1n) is 6.80. The summed E-state index contributed by atoms with van der Waals surface area (Å²) in [6, 6.07) is 0. The fourth-order valence-electron chi connectivity index (χ4n) is 2.66. The Kier molecular flexibility index (Phi) is 4.43. The Balaban J connectivity index is 2.01. The number of hydrazone groups is 1. The molecule has 0 unspecified atom stereocenters. The zero-order valence-electron chi connectivity index (χ0n) is 10.3. The minimum absolute atomic E-state index is 0.119. The van der Waals surface area contributed by atoms with Crippen molar-refractivity contribution >= 4 is 23.2 Å². The number of hydrogen-bond acceptors (Lipinski definition) is 2. The fourth-order valence-corrected chi connectivity index (χ4v) is 2.97. The molecule has 17 heavy (non-hydrogen) atoms. The van der Waals surface area contributed by atoms with Crippen LogP contribution >= 0.6 is 11.6 Å². The first-order valence-corrected chi connectivity index (χ1v) is 7.18. The zero-order valence-corrected chi connectivity index (χ0v) is 11.1. The van der Waals surface area contributed by atoms with Crippen LogP contribution in [0.5, 0.6) is 0 Å². The molecule has 2 rings (SSSR count). The van der Waals surface area contributed by atoms with Crippen molar-refractivity contribution in [1.29, 1.82) is 0 Å². The third-order valence-electron chi connectivity index (χ3n) is 3.79. The number of alkyl halides is 1. The van der Waals surface area contributed by atoms with Gasteiger partial charge in [-0.05, 0) is 19.3 Å². The smallest absolute Gasteiger partial charge is 0.267 e. The minimum Gasteiger partial charge on any atom is -0.271 e. The second kappa shape index (κ2) is 5.85. The van der Waals surface area contributed by atoms with Gasteiger partial charge in [0.25, 0.3) is 5.91 Å². The quantitative estimate of drug-likeness (QED) is 0.664. The van der Waals surface area contributed by atoms with Crippen LogP contribution in [0.1, 0.15) is 64.2 Å². The molecule has 0 aromatic heterocycles. The standard InChI is InChI=1S/C13H21ClN2O/c14-13-10-8-6-4-2-1-3-5-7-9-11(13)15-16-12(13)17/h1-10H2,(H,16,17)/t13-/m0/s1. The first kappa shape index (κ1) is 12.9. The van der Waals surface area contributed by atoms with E-state index in [1.165, 1.54) is 38.5 Å². The number of rotatable bonds is 0. The molecule has 1 N–H and O–H groups in total. The Morgan fingerprint density at radius 3 is 2.29 bits per heavy atom.